The van der Waals surface area contributed by atoms with Gasteiger partial charge in [-0.3, -0.25) is 4.79 Å². The van der Waals surface area contributed by atoms with Crippen LogP contribution in [0.2, 0.25) is 0 Å². The lowest BCUT2D eigenvalue weighted by Crippen LogP contribution is -2.39. The number of carbonyl (C=O) groups excluding carboxylic acids is 1. The molecule has 116 valence electrons. The van der Waals surface area contributed by atoms with Crippen LogP contribution in [0.4, 0.5) is 5.69 Å². The molecule has 5 nitrogen and oxygen atoms in total. The van der Waals surface area contributed by atoms with E-state index in [4.69, 9.17) is 9.47 Å². The number of methoxy groups -OCH3 is 2. The zero-order valence-corrected chi connectivity index (χ0v) is 12.8. The van der Waals surface area contributed by atoms with Crippen molar-refractivity contribution in [1.29, 1.82) is 0 Å². The zero-order chi connectivity index (χ0) is 15.1. The molecule has 1 aromatic carbocycles. The summed E-state index contributed by atoms with van der Waals surface area (Å²) in [5, 5.41) is 6.20. The Kier molecular flexibility index (Phi) is 5.72. The van der Waals surface area contributed by atoms with Crippen LogP contribution in [0.25, 0.3) is 0 Å². The molecule has 0 aromatic heterocycles. The Hall–Kier alpha value is -1.91. The molecular formula is C16H24N2O3. The lowest BCUT2D eigenvalue weighted by atomic mass is 9.95. The molecule has 2 rings (SSSR count). The van der Waals surface area contributed by atoms with Crippen molar-refractivity contribution in [2.45, 2.75) is 38.1 Å². The topological polar surface area (TPSA) is 59.6 Å². The smallest absolute Gasteiger partial charge is 0.239 e. The van der Waals surface area contributed by atoms with Gasteiger partial charge in [0.15, 0.2) is 11.5 Å². The monoisotopic (exact) mass is 292 g/mol. The summed E-state index contributed by atoms with van der Waals surface area (Å²) in [6.45, 7) is 0.270. The fourth-order valence-corrected chi connectivity index (χ4v) is 2.65. The van der Waals surface area contributed by atoms with Gasteiger partial charge in [0.25, 0.3) is 0 Å². The van der Waals surface area contributed by atoms with E-state index in [1.54, 1.807) is 14.2 Å². The Labute approximate surface area is 126 Å². The summed E-state index contributed by atoms with van der Waals surface area (Å²) < 4.78 is 10.4. The molecule has 0 spiro atoms. The van der Waals surface area contributed by atoms with Gasteiger partial charge in [-0.1, -0.05) is 19.3 Å². The number of benzene rings is 1. The van der Waals surface area contributed by atoms with Crippen LogP contribution in [0.3, 0.4) is 0 Å². The number of amides is 1. The second kappa shape index (κ2) is 7.76. The normalized spacial score (nSPS) is 15.3. The van der Waals surface area contributed by atoms with Crippen molar-refractivity contribution in [3.05, 3.63) is 18.2 Å². The number of rotatable bonds is 6. The number of nitrogens with one attached hydrogen (secondary N) is 2. The number of anilines is 1. The van der Waals surface area contributed by atoms with Gasteiger partial charge in [-0.15, -0.1) is 0 Å². The summed E-state index contributed by atoms with van der Waals surface area (Å²) in [5.41, 5.74) is 0.839. The van der Waals surface area contributed by atoms with Gasteiger partial charge in [-0.25, -0.2) is 0 Å². The number of hydrogen-bond donors (Lipinski definition) is 2. The van der Waals surface area contributed by atoms with Gasteiger partial charge in [0.05, 0.1) is 20.8 Å². The summed E-state index contributed by atoms with van der Waals surface area (Å²) in [4.78, 5) is 11.9. The molecule has 0 aliphatic heterocycles. The largest absolute Gasteiger partial charge is 0.493 e. The molecule has 1 aliphatic rings. The summed E-state index contributed by atoms with van der Waals surface area (Å²) in [6.07, 6.45) is 5.92. The maximum Gasteiger partial charge on any atom is 0.239 e. The molecular weight excluding hydrogens is 268 g/mol. The Morgan fingerprint density at radius 3 is 2.52 bits per heavy atom. The van der Waals surface area contributed by atoms with E-state index in [2.05, 4.69) is 10.6 Å². The second-order valence-electron chi connectivity index (χ2n) is 5.33. The van der Waals surface area contributed by atoms with Crippen molar-refractivity contribution in [3.8, 4) is 11.5 Å². The Bertz CT molecular complexity index is 471. The quantitative estimate of drug-likeness (QED) is 0.846. The van der Waals surface area contributed by atoms with E-state index in [-0.39, 0.29) is 12.5 Å². The third-order valence-corrected chi connectivity index (χ3v) is 3.81. The Morgan fingerprint density at radius 2 is 1.86 bits per heavy atom. The van der Waals surface area contributed by atoms with E-state index in [0.717, 1.165) is 18.5 Å². The van der Waals surface area contributed by atoms with Crippen LogP contribution in [0.1, 0.15) is 32.1 Å². The number of hydrogen-bond acceptors (Lipinski definition) is 4. The standard InChI is InChI=1S/C16H24N2O3/c1-20-14-9-8-13(10-15(14)21-2)17-11-16(19)18-12-6-4-3-5-7-12/h8-10,12,17H,3-7,11H2,1-2H3,(H,18,19). The summed E-state index contributed by atoms with van der Waals surface area (Å²) in [7, 11) is 3.19. The van der Waals surface area contributed by atoms with Crippen molar-refractivity contribution >= 4 is 11.6 Å². The molecule has 2 N–H and O–H groups in total. The molecule has 0 saturated heterocycles. The van der Waals surface area contributed by atoms with Crippen LogP contribution in [-0.2, 0) is 4.79 Å². The van der Waals surface area contributed by atoms with Gasteiger partial charge in [0, 0.05) is 17.8 Å². The van der Waals surface area contributed by atoms with E-state index in [1.165, 1.54) is 19.3 Å². The number of ether oxygens (including phenoxy) is 2. The number of carbonyl (C=O) groups is 1. The summed E-state index contributed by atoms with van der Waals surface area (Å²) in [5.74, 6) is 1.36. The summed E-state index contributed by atoms with van der Waals surface area (Å²) in [6, 6.07) is 5.86. The first kappa shape index (κ1) is 15.5. The lowest BCUT2D eigenvalue weighted by molar-refractivity contribution is -0.120. The van der Waals surface area contributed by atoms with Crippen LogP contribution < -0.4 is 20.1 Å². The average molecular weight is 292 g/mol. The molecule has 1 aliphatic carbocycles. The van der Waals surface area contributed by atoms with Gasteiger partial charge in [0.2, 0.25) is 5.91 Å². The lowest BCUT2D eigenvalue weighted by Gasteiger charge is -2.22. The van der Waals surface area contributed by atoms with E-state index in [9.17, 15) is 4.79 Å². The van der Waals surface area contributed by atoms with Crippen LogP contribution in [0.15, 0.2) is 18.2 Å². The van der Waals surface area contributed by atoms with Crippen molar-refractivity contribution in [1.82, 2.24) is 5.32 Å². The molecule has 1 saturated carbocycles. The predicted octanol–water partition coefficient (Wildman–Crippen LogP) is 2.56. The highest BCUT2D eigenvalue weighted by atomic mass is 16.5. The van der Waals surface area contributed by atoms with Crippen molar-refractivity contribution in [2.75, 3.05) is 26.1 Å². The molecule has 1 aromatic rings. The third kappa shape index (κ3) is 4.55. The highest BCUT2D eigenvalue weighted by Gasteiger charge is 2.15. The van der Waals surface area contributed by atoms with Crippen LogP contribution in [0, 0.1) is 0 Å². The van der Waals surface area contributed by atoms with Gasteiger partial charge >= 0.3 is 0 Å². The van der Waals surface area contributed by atoms with Crippen LogP contribution in [0.5, 0.6) is 11.5 Å². The molecule has 5 heteroatoms. The minimum atomic E-state index is 0.0386. The first-order valence-electron chi connectivity index (χ1n) is 7.48. The zero-order valence-electron chi connectivity index (χ0n) is 12.8. The average Bonchev–Trinajstić information content (AvgIpc) is 2.53. The highest BCUT2D eigenvalue weighted by molar-refractivity contribution is 5.81. The fourth-order valence-electron chi connectivity index (χ4n) is 2.65. The molecule has 1 amide bonds. The third-order valence-electron chi connectivity index (χ3n) is 3.81. The summed E-state index contributed by atoms with van der Waals surface area (Å²) >= 11 is 0. The Balaban J connectivity index is 1.83. The molecule has 0 unspecified atom stereocenters. The minimum Gasteiger partial charge on any atom is -0.493 e. The fraction of sp³-hybridized carbons (Fsp3) is 0.562. The first-order chi connectivity index (χ1) is 10.2. The van der Waals surface area contributed by atoms with Gasteiger partial charge < -0.3 is 20.1 Å². The molecule has 0 heterocycles. The van der Waals surface area contributed by atoms with E-state index >= 15 is 0 Å². The maximum atomic E-state index is 11.9. The minimum absolute atomic E-state index is 0.0386. The van der Waals surface area contributed by atoms with Crippen molar-refractivity contribution in [2.24, 2.45) is 0 Å². The molecule has 21 heavy (non-hydrogen) atoms. The van der Waals surface area contributed by atoms with E-state index in [1.807, 2.05) is 18.2 Å². The van der Waals surface area contributed by atoms with Gasteiger partial charge in [-0.2, -0.15) is 0 Å². The van der Waals surface area contributed by atoms with Gasteiger partial charge in [0.1, 0.15) is 0 Å². The first-order valence-corrected chi connectivity index (χ1v) is 7.48. The van der Waals surface area contributed by atoms with Crippen LogP contribution >= 0.6 is 0 Å². The Morgan fingerprint density at radius 1 is 1.14 bits per heavy atom. The SMILES string of the molecule is COc1ccc(NCC(=O)NC2CCCCC2)cc1OC. The highest BCUT2D eigenvalue weighted by Crippen LogP contribution is 2.29. The predicted molar refractivity (Wildman–Crippen MR) is 83.1 cm³/mol. The molecule has 0 bridgehead atoms. The van der Waals surface area contributed by atoms with Crippen molar-refractivity contribution < 1.29 is 14.3 Å². The van der Waals surface area contributed by atoms with Crippen LogP contribution in [-0.4, -0.2) is 32.7 Å². The maximum absolute atomic E-state index is 11.9. The molecule has 0 atom stereocenters. The second-order valence-corrected chi connectivity index (χ2v) is 5.33. The van der Waals surface area contributed by atoms with E-state index in [0.29, 0.717) is 17.5 Å². The van der Waals surface area contributed by atoms with E-state index < -0.39 is 0 Å². The van der Waals surface area contributed by atoms with Crippen molar-refractivity contribution in [3.63, 3.8) is 0 Å². The molecule has 0 radical (unpaired) electrons. The molecule has 1 fully saturated rings. The van der Waals surface area contributed by atoms with Gasteiger partial charge in [-0.05, 0) is 25.0 Å².